The lowest BCUT2D eigenvalue weighted by molar-refractivity contribution is -0.137. The zero-order valence-electron chi connectivity index (χ0n) is 13.0. The van der Waals surface area contributed by atoms with Crippen molar-refractivity contribution in [2.45, 2.75) is 59.4 Å². The van der Waals surface area contributed by atoms with E-state index >= 15 is 0 Å². The molecule has 0 aliphatic carbocycles. The van der Waals surface area contributed by atoms with Gasteiger partial charge in [0.25, 0.3) is 5.91 Å². The van der Waals surface area contributed by atoms with Crippen LogP contribution < -0.4 is 5.32 Å². The van der Waals surface area contributed by atoms with Gasteiger partial charge in [-0.15, -0.1) is 5.10 Å². The second-order valence-corrected chi connectivity index (χ2v) is 7.09. The molecule has 1 atom stereocenters. The lowest BCUT2D eigenvalue weighted by Crippen LogP contribution is -2.39. The minimum Gasteiger partial charge on any atom is -0.481 e. The van der Waals surface area contributed by atoms with Crippen LogP contribution in [0.3, 0.4) is 0 Å². The number of nitrogens with one attached hydrogen (secondary N) is 1. The van der Waals surface area contributed by atoms with Gasteiger partial charge >= 0.3 is 5.97 Å². The summed E-state index contributed by atoms with van der Waals surface area (Å²) in [6.07, 6.45) is 2.09. The Morgan fingerprint density at radius 1 is 1.38 bits per heavy atom. The van der Waals surface area contributed by atoms with Gasteiger partial charge in [-0.05, 0) is 29.8 Å². The van der Waals surface area contributed by atoms with Crippen molar-refractivity contribution in [2.24, 2.45) is 5.41 Å². The van der Waals surface area contributed by atoms with E-state index in [1.165, 1.54) is 0 Å². The van der Waals surface area contributed by atoms with Crippen LogP contribution in [0.25, 0.3) is 0 Å². The molecular weight excluding hydrogens is 290 g/mol. The van der Waals surface area contributed by atoms with Gasteiger partial charge in [-0.1, -0.05) is 38.6 Å². The maximum Gasteiger partial charge on any atom is 0.305 e. The number of carbonyl (C=O) groups is 2. The first-order chi connectivity index (χ1) is 9.73. The number of rotatable bonds is 7. The molecule has 1 heterocycles. The SMILES string of the molecule is CCCc1nnsc1C(=O)NC(CC(=O)O)CC(C)(C)C. The first kappa shape index (κ1) is 17.6. The number of aliphatic carboxylic acids is 1. The first-order valence-corrected chi connectivity index (χ1v) is 7.84. The van der Waals surface area contributed by atoms with Crippen molar-refractivity contribution in [2.75, 3.05) is 0 Å². The Balaban J connectivity index is 2.79. The van der Waals surface area contributed by atoms with Crippen molar-refractivity contribution >= 4 is 23.4 Å². The summed E-state index contributed by atoms with van der Waals surface area (Å²) in [7, 11) is 0. The predicted octanol–water partition coefficient (Wildman–Crippen LogP) is 2.50. The number of aromatic nitrogens is 2. The second kappa shape index (κ2) is 7.49. The van der Waals surface area contributed by atoms with Crippen LogP contribution in [0, 0.1) is 5.41 Å². The summed E-state index contributed by atoms with van der Waals surface area (Å²) in [6.45, 7) is 8.06. The summed E-state index contributed by atoms with van der Waals surface area (Å²) in [4.78, 5) is 23.8. The largest absolute Gasteiger partial charge is 0.481 e. The molecule has 0 radical (unpaired) electrons. The maximum absolute atomic E-state index is 12.3. The summed E-state index contributed by atoms with van der Waals surface area (Å²) in [6, 6.07) is -0.397. The van der Waals surface area contributed by atoms with Crippen molar-refractivity contribution < 1.29 is 14.7 Å². The van der Waals surface area contributed by atoms with Crippen molar-refractivity contribution in [1.82, 2.24) is 14.9 Å². The van der Waals surface area contributed by atoms with Crippen LogP contribution in [-0.2, 0) is 11.2 Å². The Morgan fingerprint density at radius 3 is 2.57 bits per heavy atom. The normalized spacial score (nSPS) is 13.0. The van der Waals surface area contributed by atoms with Gasteiger partial charge in [0.15, 0.2) is 0 Å². The molecule has 0 aliphatic rings. The van der Waals surface area contributed by atoms with E-state index in [0.717, 1.165) is 18.0 Å². The fraction of sp³-hybridized carbons (Fsp3) is 0.714. The second-order valence-electron chi connectivity index (χ2n) is 6.33. The molecule has 2 N–H and O–H groups in total. The van der Waals surface area contributed by atoms with Crippen molar-refractivity contribution in [1.29, 1.82) is 0 Å². The Hall–Kier alpha value is -1.50. The molecule has 1 aromatic heterocycles. The highest BCUT2D eigenvalue weighted by Gasteiger charge is 2.25. The standard InChI is InChI=1S/C14H23N3O3S/c1-5-6-10-12(21-17-16-10)13(20)15-9(7-11(18)19)8-14(2,3)4/h9H,5-8H2,1-4H3,(H,15,20)(H,18,19). The molecule has 1 rings (SSSR count). The van der Waals surface area contributed by atoms with Crippen LogP contribution in [0.2, 0.25) is 0 Å². The third kappa shape index (κ3) is 6.20. The van der Waals surface area contributed by atoms with Crippen LogP contribution in [0.15, 0.2) is 0 Å². The first-order valence-electron chi connectivity index (χ1n) is 7.07. The van der Waals surface area contributed by atoms with Crippen molar-refractivity contribution in [3.05, 3.63) is 10.6 Å². The lowest BCUT2D eigenvalue weighted by atomic mass is 9.87. The number of carboxylic acids is 1. The van der Waals surface area contributed by atoms with E-state index in [9.17, 15) is 9.59 Å². The highest BCUT2D eigenvalue weighted by molar-refractivity contribution is 7.08. The van der Waals surface area contributed by atoms with Crippen LogP contribution in [0.1, 0.15) is 62.3 Å². The van der Waals surface area contributed by atoms with Gasteiger partial charge in [0, 0.05) is 6.04 Å². The third-order valence-electron chi connectivity index (χ3n) is 2.86. The van der Waals surface area contributed by atoms with Crippen LogP contribution in [-0.4, -0.2) is 32.6 Å². The van der Waals surface area contributed by atoms with E-state index in [1.54, 1.807) is 0 Å². The molecule has 0 fully saturated rings. The molecular formula is C14H23N3O3S. The predicted molar refractivity (Wildman–Crippen MR) is 81.5 cm³/mol. The number of amides is 1. The zero-order valence-corrected chi connectivity index (χ0v) is 13.8. The van der Waals surface area contributed by atoms with Crippen molar-refractivity contribution in [3.63, 3.8) is 0 Å². The molecule has 21 heavy (non-hydrogen) atoms. The van der Waals surface area contributed by atoms with E-state index in [1.807, 2.05) is 27.7 Å². The fourth-order valence-electron chi connectivity index (χ4n) is 2.16. The molecule has 0 aliphatic heterocycles. The molecule has 0 saturated heterocycles. The van der Waals surface area contributed by atoms with Gasteiger partial charge in [-0.25, -0.2) is 0 Å². The van der Waals surface area contributed by atoms with E-state index in [-0.39, 0.29) is 17.7 Å². The summed E-state index contributed by atoms with van der Waals surface area (Å²) in [5.74, 6) is -1.19. The van der Waals surface area contributed by atoms with Crippen molar-refractivity contribution in [3.8, 4) is 0 Å². The minimum absolute atomic E-state index is 0.0639. The molecule has 0 aromatic carbocycles. The molecule has 1 unspecified atom stereocenters. The van der Waals surface area contributed by atoms with Crippen LogP contribution in [0.5, 0.6) is 0 Å². The van der Waals surface area contributed by atoms with Gasteiger partial charge < -0.3 is 10.4 Å². The highest BCUT2D eigenvalue weighted by Crippen LogP contribution is 2.23. The molecule has 7 heteroatoms. The van der Waals surface area contributed by atoms with Gasteiger partial charge in [0.2, 0.25) is 0 Å². The average molecular weight is 313 g/mol. The summed E-state index contributed by atoms with van der Waals surface area (Å²) < 4.78 is 3.82. The number of hydrogen-bond acceptors (Lipinski definition) is 5. The molecule has 0 spiro atoms. The lowest BCUT2D eigenvalue weighted by Gasteiger charge is -2.25. The summed E-state index contributed by atoms with van der Waals surface area (Å²) in [5, 5.41) is 15.8. The van der Waals surface area contributed by atoms with Crippen LogP contribution >= 0.6 is 11.5 Å². The molecule has 1 amide bonds. The van der Waals surface area contributed by atoms with E-state index in [2.05, 4.69) is 14.9 Å². The Kier molecular flexibility index (Phi) is 6.26. The topological polar surface area (TPSA) is 92.2 Å². The fourth-order valence-corrected chi connectivity index (χ4v) is 2.77. The highest BCUT2D eigenvalue weighted by atomic mass is 32.1. The van der Waals surface area contributed by atoms with E-state index in [4.69, 9.17) is 5.11 Å². The number of hydrogen-bond donors (Lipinski definition) is 2. The summed E-state index contributed by atoms with van der Waals surface area (Å²) in [5.41, 5.74) is 0.621. The Morgan fingerprint density at radius 2 is 2.05 bits per heavy atom. The molecule has 1 aromatic rings. The maximum atomic E-state index is 12.3. The Bertz CT molecular complexity index is 494. The van der Waals surface area contributed by atoms with Crippen LogP contribution in [0.4, 0.5) is 0 Å². The zero-order chi connectivity index (χ0) is 16.0. The number of carbonyl (C=O) groups excluding carboxylic acids is 1. The van der Waals surface area contributed by atoms with Gasteiger partial charge in [0.05, 0.1) is 12.1 Å². The molecule has 0 bridgehead atoms. The molecule has 118 valence electrons. The summed E-state index contributed by atoms with van der Waals surface area (Å²) >= 11 is 1.06. The quantitative estimate of drug-likeness (QED) is 0.807. The van der Waals surface area contributed by atoms with Gasteiger partial charge in [-0.3, -0.25) is 9.59 Å². The minimum atomic E-state index is -0.916. The van der Waals surface area contributed by atoms with E-state index in [0.29, 0.717) is 23.4 Å². The van der Waals surface area contributed by atoms with Gasteiger partial charge in [-0.2, -0.15) is 0 Å². The smallest absolute Gasteiger partial charge is 0.305 e. The molecule has 0 saturated carbocycles. The van der Waals surface area contributed by atoms with Gasteiger partial charge in [0.1, 0.15) is 4.88 Å². The number of carboxylic acid groups (broad SMARTS) is 1. The Labute approximate surface area is 129 Å². The average Bonchev–Trinajstić information content (AvgIpc) is 2.74. The molecule has 6 nitrogen and oxygen atoms in total. The monoisotopic (exact) mass is 313 g/mol. The van der Waals surface area contributed by atoms with E-state index < -0.39 is 12.0 Å². The number of aryl methyl sites for hydroxylation is 1. The third-order valence-corrected chi connectivity index (χ3v) is 3.63. The number of nitrogens with zero attached hydrogens (tertiary/aromatic N) is 2.